The van der Waals surface area contributed by atoms with Gasteiger partial charge in [0.15, 0.2) is 5.96 Å². The first-order valence-electron chi connectivity index (χ1n) is 10.3. The van der Waals surface area contributed by atoms with Crippen molar-refractivity contribution in [1.82, 2.24) is 15.6 Å². The molecule has 1 saturated heterocycles. The summed E-state index contributed by atoms with van der Waals surface area (Å²) in [6, 6.07) is 9.06. The van der Waals surface area contributed by atoms with Gasteiger partial charge in [-0.1, -0.05) is 26.0 Å². The Morgan fingerprint density at radius 2 is 2.00 bits per heavy atom. The zero-order chi connectivity index (χ0) is 19.9. The maximum Gasteiger partial charge on any atom is 0.191 e. The largest absolute Gasteiger partial charge is 0.372 e. The van der Waals surface area contributed by atoms with Gasteiger partial charge in [0.1, 0.15) is 0 Å². The number of halogens is 1. The highest BCUT2D eigenvalue weighted by Gasteiger charge is 2.14. The summed E-state index contributed by atoms with van der Waals surface area (Å²) in [5.41, 5.74) is 3.77. The Morgan fingerprint density at radius 1 is 1.24 bits per heavy atom. The van der Waals surface area contributed by atoms with Gasteiger partial charge < -0.3 is 15.5 Å². The van der Waals surface area contributed by atoms with Crippen LogP contribution in [0.4, 0.5) is 5.69 Å². The van der Waals surface area contributed by atoms with Crippen LogP contribution in [0.25, 0.3) is 0 Å². The van der Waals surface area contributed by atoms with E-state index in [2.05, 4.69) is 70.9 Å². The number of hydrogen-bond donors (Lipinski definition) is 2. The van der Waals surface area contributed by atoms with Crippen molar-refractivity contribution < 1.29 is 0 Å². The SMILES string of the molecule is CN=C(NCCc1csc(C(C)C)n1)NC(C)c1cccc(N2CCCC2)c1.I. The van der Waals surface area contributed by atoms with Crippen molar-refractivity contribution in [2.75, 3.05) is 31.6 Å². The Balaban J connectivity index is 0.00000300. The minimum Gasteiger partial charge on any atom is -0.372 e. The molecule has 1 atom stereocenters. The fraction of sp³-hybridized carbons (Fsp3) is 0.545. The van der Waals surface area contributed by atoms with E-state index in [1.165, 1.54) is 42.2 Å². The van der Waals surface area contributed by atoms with E-state index in [1.54, 1.807) is 11.3 Å². The molecule has 29 heavy (non-hydrogen) atoms. The summed E-state index contributed by atoms with van der Waals surface area (Å²) in [6.07, 6.45) is 3.50. The minimum absolute atomic E-state index is 0. The first-order valence-corrected chi connectivity index (χ1v) is 11.2. The second-order valence-corrected chi connectivity index (χ2v) is 8.63. The molecule has 0 bridgehead atoms. The minimum atomic E-state index is 0. The van der Waals surface area contributed by atoms with E-state index in [-0.39, 0.29) is 30.0 Å². The van der Waals surface area contributed by atoms with Crippen molar-refractivity contribution in [3.63, 3.8) is 0 Å². The molecule has 3 rings (SSSR count). The molecule has 1 aliphatic rings. The molecular weight excluding hydrogens is 493 g/mol. The lowest BCUT2D eigenvalue weighted by Gasteiger charge is -2.22. The van der Waals surface area contributed by atoms with Gasteiger partial charge in [-0.25, -0.2) is 4.98 Å². The summed E-state index contributed by atoms with van der Waals surface area (Å²) in [4.78, 5) is 11.6. The first-order chi connectivity index (χ1) is 13.6. The van der Waals surface area contributed by atoms with Gasteiger partial charge in [0, 0.05) is 50.1 Å². The molecule has 5 nitrogen and oxygen atoms in total. The monoisotopic (exact) mass is 527 g/mol. The van der Waals surface area contributed by atoms with Gasteiger partial charge in [-0.05, 0) is 37.5 Å². The predicted molar refractivity (Wildman–Crippen MR) is 136 cm³/mol. The number of hydrogen-bond acceptors (Lipinski definition) is 4. The third-order valence-electron chi connectivity index (χ3n) is 5.16. The van der Waals surface area contributed by atoms with Gasteiger partial charge >= 0.3 is 0 Å². The summed E-state index contributed by atoms with van der Waals surface area (Å²) in [5, 5.41) is 10.3. The zero-order valence-corrected chi connectivity index (χ0v) is 21.1. The number of aromatic nitrogens is 1. The van der Waals surface area contributed by atoms with Gasteiger partial charge in [-0.3, -0.25) is 4.99 Å². The smallest absolute Gasteiger partial charge is 0.191 e. The van der Waals surface area contributed by atoms with Crippen molar-refractivity contribution in [3.8, 4) is 0 Å². The molecule has 0 aliphatic carbocycles. The molecule has 2 aromatic rings. The lowest BCUT2D eigenvalue weighted by Crippen LogP contribution is -2.39. The fourth-order valence-electron chi connectivity index (χ4n) is 3.46. The maximum atomic E-state index is 4.70. The normalized spacial score (nSPS) is 15.3. The van der Waals surface area contributed by atoms with Crippen molar-refractivity contribution >= 4 is 47.0 Å². The van der Waals surface area contributed by atoms with Crippen LogP contribution in [0, 0.1) is 0 Å². The second kappa shape index (κ2) is 11.7. The summed E-state index contributed by atoms with van der Waals surface area (Å²) in [7, 11) is 1.82. The standard InChI is InChI=1S/C22H33N5S.HI/c1-16(2)21-26-19(15-28-21)10-11-24-22(23-4)25-17(3)18-8-7-9-20(14-18)27-12-5-6-13-27;/h7-9,14-17H,5-6,10-13H2,1-4H3,(H2,23,24,25);1H. The van der Waals surface area contributed by atoms with Gasteiger partial charge in [0.2, 0.25) is 0 Å². The Labute approximate surface area is 196 Å². The highest BCUT2D eigenvalue weighted by atomic mass is 127. The van der Waals surface area contributed by atoms with Gasteiger partial charge in [-0.15, -0.1) is 35.3 Å². The molecule has 160 valence electrons. The predicted octanol–water partition coefficient (Wildman–Crippen LogP) is 4.95. The first kappa shape index (κ1) is 23.9. The van der Waals surface area contributed by atoms with E-state index in [0.29, 0.717) is 5.92 Å². The molecule has 0 spiro atoms. The molecule has 1 fully saturated rings. The Morgan fingerprint density at radius 3 is 2.66 bits per heavy atom. The number of nitrogens with one attached hydrogen (secondary N) is 2. The molecule has 1 aromatic heterocycles. The van der Waals surface area contributed by atoms with Crippen LogP contribution in [-0.4, -0.2) is 37.6 Å². The van der Waals surface area contributed by atoms with E-state index < -0.39 is 0 Å². The third kappa shape index (κ3) is 6.84. The molecular formula is C22H34IN5S. The summed E-state index contributed by atoms with van der Waals surface area (Å²) < 4.78 is 0. The second-order valence-electron chi connectivity index (χ2n) is 7.74. The molecule has 1 aromatic carbocycles. The van der Waals surface area contributed by atoms with Gasteiger partial charge in [0.05, 0.1) is 16.7 Å². The number of thiazole rings is 1. The molecule has 0 amide bonds. The lowest BCUT2D eigenvalue weighted by atomic mass is 10.1. The summed E-state index contributed by atoms with van der Waals surface area (Å²) in [6.45, 7) is 9.72. The van der Waals surface area contributed by atoms with Crippen LogP contribution in [0.3, 0.4) is 0 Å². The highest BCUT2D eigenvalue weighted by Crippen LogP contribution is 2.24. The van der Waals surface area contributed by atoms with E-state index in [1.807, 2.05) is 7.05 Å². The Kier molecular flexibility index (Phi) is 9.68. The number of aliphatic imine (C=N–C) groups is 1. The number of benzene rings is 1. The Bertz CT molecular complexity index is 783. The molecule has 1 aliphatic heterocycles. The van der Waals surface area contributed by atoms with Crippen LogP contribution in [0.1, 0.15) is 61.8 Å². The third-order valence-corrected chi connectivity index (χ3v) is 6.35. The molecule has 7 heteroatoms. The van der Waals surface area contributed by atoms with E-state index in [0.717, 1.165) is 24.6 Å². The quantitative estimate of drug-likeness (QED) is 0.304. The maximum absolute atomic E-state index is 4.70. The van der Waals surface area contributed by atoms with Crippen LogP contribution >= 0.6 is 35.3 Å². The van der Waals surface area contributed by atoms with Crippen molar-refractivity contribution in [2.45, 2.75) is 52.0 Å². The number of rotatable bonds is 7. The topological polar surface area (TPSA) is 52.6 Å². The number of nitrogens with zero attached hydrogens (tertiary/aromatic N) is 3. The summed E-state index contributed by atoms with van der Waals surface area (Å²) in [5.74, 6) is 1.33. The van der Waals surface area contributed by atoms with Crippen molar-refractivity contribution in [3.05, 3.63) is 45.9 Å². The Hall–Kier alpha value is -1.35. The fourth-order valence-corrected chi connectivity index (χ4v) is 4.33. The average molecular weight is 528 g/mol. The lowest BCUT2D eigenvalue weighted by molar-refractivity contribution is 0.682. The molecule has 1 unspecified atom stereocenters. The summed E-state index contributed by atoms with van der Waals surface area (Å²) >= 11 is 1.75. The molecule has 0 saturated carbocycles. The van der Waals surface area contributed by atoms with Crippen LogP contribution in [0.2, 0.25) is 0 Å². The van der Waals surface area contributed by atoms with E-state index in [9.17, 15) is 0 Å². The van der Waals surface area contributed by atoms with Crippen LogP contribution in [-0.2, 0) is 6.42 Å². The van der Waals surface area contributed by atoms with Crippen LogP contribution in [0.5, 0.6) is 0 Å². The number of guanidine groups is 1. The number of anilines is 1. The van der Waals surface area contributed by atoms with E-state index >= 15 is 0 Å². The van der Waals surface area contributed by atoms with Crippen LogP contribution in [0.15, 0.2) is 34.6 Å². The molecule has 2 heterocycles. The van der Waals surface area contributed by atoms with Gasteiger partial charge in [-0.2, -0.15) is 0 Å². The zero-order valence-electron chi connectivity index (χ0n) is 17.9. The van der Waals surface area contributed by atoms with Crippen molar-refractivity contribution in [2.24, 2.45) is 4.99 Å². The highest BCUT2D eigenvalue weighted by molar-refractivity contribution is 14.0. The average Bonchev–Trinajstić information content (AvgIpc) is 3.39. The van der Waals surface area contributed by atoms with E-state index in [4.69, 9.17) is 4.98 Å². The molecule has 0 radical (unpaired) electrons. The van der Waals surface area contributed by atoms with Gasteiger partial charge in [0.25, 0.3) is 0 Å². The molecule has 2 N–H and O–H groups in total. The van der Waals surface area contributed by atoms with Crippen LogP contribution < -0.4 is 15.5 Å². The van der Waals surface area contributed by atoms with Crippen molar-refractivity contribution in [1.29, 1.82) is 0 Å².